The molecule has 0 unspecified atom stereocenters. The molecule has 0 aliphatic rings. The highest BCUT2D eigenvalue weighted by molar-refractivity contribution is 8.03. The molecule has 0 aliphatic carbocycles. The van der Waals surface area contributed by atoms with Crippen LogP contribution in [0.4, 0.5) is 5.69 Å². The van der Waals surface area contributed by atoms with Crippen LogP contribution in [-0.4, -0.2) is 21.7 Å². The highest BCUT2D eigenvalue weighted by Crippen LogP contribution is 2.16. The number of nitrogens with one attached hydrogen (secondary N) is 2. The van der Waals surface area contributed by atoms with Gasteiger partial charge in [0.15, 0.2) is 0 Å². The van der Waals surface area contributed by atoms with Crippen LogP contribution in [0.25, 0.3) is 0 Å². The fourth-order valence-corrected chi connectivity index (χ4v) is 1.69. The van der Waals surface area contributed by atoms with Gasteiger partial charge in [-0.25, -0.2) is 0 Å². The van der Waals surface area contributed by atoms with Gasteiger partial charge in [-0.3, -0.25) is 19.7 Å². The Hall–Kier alpha value is -2.09. The monoisotopic (exact) mass is 299 g/mol. The number of H-pyrrole nitrogens is 1. The van der Waals surface area contributed by atoms with Crippen molar-refractivity contribution >= 4 is 23.4 Å². The number of pyridine rings is 1. The van der Waals surface area contributed by atoms with Crippen molar-refractivity contribution in [1.29, 1.82) is 0 Å². The number of nitro groups is 1. The molecule has 1 rings (SSSR count). The zero-order valence-corrected chi connectivity index (χ0v) is 12.3. The van der Waals surface area contributed by atoms with E-state index in [0.717, 1.165) is 11.8 Å². The maximum atomic E-state index is 11.7. The number of nitrogens with zero attached hydrogens (tertiary/aromatic N) is 1. The van der Waals surface area contributed by atoms with Crippen molar-refractivity contribution in [3.05, 3.63) is 49.8 Å². The van der Waals surface area contributed by atoms with Gasteiger partial charge in [0, 0.05) is 23.4 Å². The van der Waals surface area contributed by atoms with Crippen molar-refractivity contribution < 1.29 is 9.72 Å². The van der Waals surface area contributed by atoms with Gasteiger partial charge in [-0.05, 0) is 18.7 Å². The second-order valence-electron chi connectivity index (χ2n) is 3.14. The first kappa shape index (κ1) is 17.9. The molecule has 0 atom stereocenters. The van der Waals surface area contributed by atoms with Crippen LogP contribution in [0.1, 0.15) is 20.8 Å². The molecule has 20 heavy (non-hydrogen) atoms. The molecule has 0 saturated heterocycles. The van der Waals surface area contributed by atoms with E-state index in [1.807, 2.05) is 13.8 Å². The quantitative estimate of drug-likeness (QED) is 0.375. The van der Waals surface area contributed by atoms with Gasteiger partial charge in [0.1, 0.15) is 5.69 Å². The Balaban J connectivity index is 0.00000172. The minimum Gasteiger partial charge on any atom is -0.366 e. The molecular formula is C12H17N3O4S. The van der Waals surface area contributed by atoms with Crippen LogP contribution in [0.15, 0.2) is 34.2 Å². The Morgan fingerprint density at radius 2 is 2.20 bits per heavy atom. The summed E-state index contributed by atoms with van der Waals surface area (Å²) in [5, 5.41) is 12.6. The third kappa shape index (κ3) is 6.19. The molecule has 7 nitrogen and oxygen atoms in total. The van der Waals surface area contributed by atoms with E-state index in [-0.39, 0.29) is 16.0 Å². The lowest BCUT2D eigenvalue weighted by molar-refractivity contribution is -0.456. The molecule has 0 spiro atoms. The Labute approximate surface area is 120 Å². The molecule has 1 heterocycles. The van der Waals surface area contributed by atoms with E-state index in [0.29, 0.717) is 0 Å². The number of aromatic nitrogens is 1. The molecule has 0 fully saturated rings. The van der Waals surface area contributed by atoms with Crippen LogP contribution >= 0.6 is 11.8 Å². The summed E-state index contributed by atoms with van der Waals surface area (Å²) < 4.78 is 0. The number of carbonyl (C=O) groups is 1. The largest absolute Gasteiger partial charge is 0.366 e. The van der Waals surface area contributed by atoms with Crippen LogP contribution in [0.2, 0.25) is 0 Å². The lowest BCUT2D eigenvalue weighted by Gasteiger charge is -2.05. The van der Waals surface area contributed by atoms with Crippen molar-refractivity contribution in [2.45, 2.75) is 20.8 Å². The Kier molecular flexibility index (Phi) is 8.77. The molecule has 0 aromatic carbocycles. The number of aromatic amines is 1. The molecule has 0 saturated carbocycles. The normalized spacial score (nSPS) is 10.2. The SMILES string of the molecule is C/C=C(\SC[N+](=O)[O-])C(=O)Nc1c[nH]ccc1=O.CC. The number of rotatable bonds is 5. The fraction of sp³-hybridized carbons (Fsp3) is 0.333. The summed E-state index contributed by atoms with van der Waals surface area (Å²) in [5.74, 6) is -0.945. The Morgan fingerprint density at radius 1 is 1.55 bits per heavy atom. The van der Waals surface area contributed by atoms with E-state index < -0.39 is 16.7 Å². The zero-order valence-electron chi connectivity index (χ0n) is 11.5. The first-order valence-electron chi connectivity index (χ1n) is 5.94. The molecule has 0 bridgehead atoms. The highest BCUT2D eigenvalue weighted by Gasteiger charge is 2.13. The Morgan fingerprint density at radius 3 is 2.70 bits per heavy atom. The van der Waals surface area contributed by atoms with Gasteiger partial charge in [-0.1, -0.05) is 19.9 Å². The molecule has 0 radical (unpaired) electrons. The van der Waals surface area contributed by atoms with Crippen LogP contribution < -0.4 is 10.7 Å². The average molecular weight is 299 g/mol. The summed E-state index contributed by atoms with van der Waals surface area (Å²) in [5.41, 5.74) is -0.236. The summed E-state index contributed by atoms with van der Waals surface area (Å²) in [6.45, 7) is 5.59. The third-order valence-corrected chi connectivity index (χ3v) is 2.96. The molecule has 8 heteroatoms. The van der Waals surface area contributed by atoms with Gasteiger partial charge in [-0.15, -0.1) is 0 Å². The number of thioether (sulfide) groups is 1. The first-order valence-corrected chi connectivity index (χ1v) is 6.92. The second kappa shape index (κ2) is 9.79. The summed E-state index contributed by atoms with van der Waals surface area (Å²) in [6.07, 6.45) is 4.25. The van der Waals surface area contributed by atoms with E-state index in [9.17, 15) is 19.7 Å². The number of anilines is 1. The first-order chi connectivity index (χ1) is 9.54. The minimum absolute atomic E-state index is 0.101. The molecule has 110 valence electrons. The zero-order chi connectivity index (χ0) is 15.5. The van der Waals surface area contributed by atoms with Crippen LogP contribution in [0.5, 0.6) is 0 Å². The summed E-state index contributed by atoms with van der Waals surface area (Å²) in [6, 6.07) is 1.27. The molecule has 2 N–H and O–H groups in total. The van der Waals surface area contributed by atoms with Gasteiger partial charge in [0.05, 0.1) is 4.91 Å². The van der Waals surface area contributed by atoms with Crippen LogP contribution in [0.3, 0.4) is 0 Å². The standard InChI is InChI=1S/C10H11N3O4S.C2H6/c1-2-9(18-6-13(16)17)10(15)12-7-5-11-4-3-8(7)14;1-2/h2-5H,6H2,1H3,(H,11,14)(H,12,15);1-2H3/b9-2-;. The average Bonchev–Trinajstić information content (AvgIpc) is 2.44. The molecule has 1 aromatic rings. The number of hydrogen-bond acceptors (Lipinski definition) is 5. The van der Waals surface area contributed by atoms with Crippen LogP contribution in [-0.2, 0) is 4.79 Å². The number of carbonyl (C=O) groups excluding carboxylic acids is 1. The molecule has 1 aromatic heterocycles. The van der Waals surface area contributed by atoms with E-state index in [4.69, 9.17) is 0 Å². The number of hydrogen-bond donors (Lipinski definition) is 2. The second-order valence-corrected chi connectivity index (χ2v) is 4.12. The topological polar surface area (TPSA) is 105 Å². The van der Waals surface area contributed by atoms with Gasteiger partial charge >= 0.3 is 0 Å². The van der Waals surface area contributed by atoms with Gasteiger partial charge < -0.3 is 10.3 Å². The van der Waals surface area contributed by atoms with Crippen LogP contribution in [0, 0.1) is 10.1 Å². The van der Waals surface area contributed by atoms with Gasteiger partial charge in [0.25, 0.3) is 11.8 Å². The van der Waals surface area contributed by atoms with E-state index in [1.54, 1.807) is 6.92 Å². The molecule has 1 amide bonds. The highest BCUT2D eigenvalue weighted by atomic mass is 32.2. The van der Waals surface area contributed by atoms with Crippen molar-refractivity contribution in [1.82, 2.24) is 4.98 Å². The van der Waals surface area contributed by atoms with Crippen molar-refractivity contribution in [2.24, 2.45) is 0 Å². The molecular weight excluding hydrogens is 282 g/mol. The Bertz CT molecular complexity index is 540. The van der Waals surface area contributed by atoms with Gasteiger partial charge in [-0.2, -0.15) is 0 Å². The van der Waals surface area contributed by atoms with Crippen molar-refractivity contribution in [2.75, 3.05) is 11.2 Å². The lowest BCUT2D eigenvalue weighted by atomic mass is 10.4. The predicted octanol–water partition coefficient (Wildman–Crippen LogP) is 2.21. The van der Waals surface area contributed by atoms with E-state index in [1.165, 1.54) is 24.5 Å². The summed E-state index contributed by atoms with van der Waals surface area (Å²) >= 11 is 0.801. The fourth-order valence-electron chi connectivity index (χ4n) is 1.10. The van der Waals surface area contributed by atoms with E-state index >= 15 is 0 Å². The van der Waals surface area contributed by atoms with Gasteiger partial charge in [0.2, 0.25) is 5.43 Å². The minimum atomic E-state index is -0.541. The number of amides is 1. The van der Waals surface area contributed by atoms with Crippen molar-refractivity contribution in [3.63, 3.8) is 0 Å². The summed E-state index contributed by atoms with van der Waals surface area (Å²) in [7, 11) is 0. The molecule has 0 aliphatic heterocycles. The van der Waals surface area contributed by atoms with E-state index in [2.05, 4.69) is 10.3 Å². The number of allylic oxidation sites excluding steroid dienone is 1. The maximum Gasteiger partial charge on any atom is 0.262 e. The van der Waals surface area contributed by atoms with Crippen molar-refractivity contribution in [3.8, 4) is 0 Å². The smallest absolute Gasteiger partial charge is 0.262 e. The maximum absolute atomic E-state index is 11.7. The lowest BCUT2D eigenvalue weighted by Crippen LogP contribution is -2.19. The summed E-state index contributed by atoms with van der Waals surface area (Å²) in [4.78, 5) is 35.6. The predicted molar refractivity (Wildman–Crippen MR) is 80.2 cm³/mol. The third-order valence-electron chi connectivity index (χ3n) is 1.88.